The maximum atomic E-state index is 5.85. The van der Waals surface area contributed by atoms with Crippen molar-refractivity contribution in [2.75, 3.05) is 0 Å². The molecule has 4 aromatic heterocycles. The summed E-state index contributed by atoms with van der Waals surface area (Å²) in [6, 6.07) is 8.70. The molecule has 0 unspecified atom stereocenters. The minimum atomic E-state index is 0.970. The van der Waals surface area contributed by atoms with Gasteiger partial charge in [-0.25, -0.2) is 0 Å². The standard InChI is InChI=1S/C16H10O2S2/c1-7-3-13-15(17-7)9-5-10-12(6-11(9)19-13)20-14-4-8(2)18-16(10)14/h3-6H,1-2H3. The second kappa shape index (κ2) is 3.45. The summed E-state index contributed by atoms with van der Waals surface area (Å²) in [6.45, 7) is 3.99. The van der Waals surface area contributed by atoms with Crippen LogP contribution < -0.4 is 0 Å². The van der Waals surface area contributed by atoms with Crippen LogP contribution in [0.4, 0.5) is 0 Å². The Bertz CT molecular complexity index is 1030. The zero-order valence-corrected chi connectivity index (χ0v) is 12.6. The van der Waals surface area contributed by atoms with Gasteiger partial charge in [0.05, 0.1) is 9.40 Å². The van der Waals surface area contributed by atoms with E-state index in [4.69, 9.17) is 8.83 Å². The van der Waals surface area contributed by atoms with Gasteiger partial charge in [0.2, 0.25) is 0 Å². The molecule has 0 bridgehead atoms. The Morgan fingerprint density at radius 3 is 1.65 bits per heavy atom. The largest absolute Gasteiger partial charge is 0.460 e. The smallest absolute Gasteiger partial charge is 0.152 e. The van der Waals surface area contributed by atoms with Gasteiger partial charge < -0.3 is 8.83 Å². The van der Waals surface area contributed by atoms with Gasteiger partial charge in [0, 0.05) is 20.2 Å². The molecule has 0 N–H and O–H groups in total. The maximum absolute atomic E-state index is 5.85. The van der Waals surface area contributed by atoms with E-state index in [2.05, 4.69) is 24.3 Å². The van der Waals surface area contributed by atoms with Crippen molar-refractivity contribution in [3.05, 3.63) is 35.8 Å². The summed E-state index contributed by atoms with van der Waals surface area (Å²) in [5.41, 5.74) is 2.01. The van der Waals surface area contributed by atoms with Crippen molar-refractivity contribution in [3.8, 4) is 0 Å². The fourth-order valence-corrected chi connectivity index (χ4v) is 5.19. The fraction of sp³-hybridized carbons (Fsp3) is 0.125. The van der Waals surface area contributed by atoms with Gasteiger partial charge in [0.15, 0.2) is 11.2 Å². The second-order valence-corrected chi connectivity index (χ2v) is 7.32. The van der Waals surface area contributed by atoms with Gasteiger partial charge in [-0.15, -0.1) is 22.7 Å². The molecule has 0 saturated carbocycles. The van der Waals surface area contributed by atoms with Gasteiger partial charge >= 0.3 is 0 Å². The van der Waals surface area contributed by atoms with Crippen LogP contribution in [0.25, 0.3) is 40.7 Å². The number of hydrogen-bond acceptors (Lipinski definition) is 4. The van der Waals surface area contributed by atoms with Crippen LogP contribution in [0.5, 0.6) is 0 Å². The Labute approximate surface area is 122 Å². The molecule has 0 aliphatic heterocycles. The Balaban J connectivity index is 2.02. The highest BCUT2D eigenvalue weighted by Gasteiger charge is 2.15. The van der Waals surface area contributed by atoms with Crippen molar-refractivity contribution in [2.24, 2.45) is 0 Å². The molecule has 0 fully saturated rings. The van der Waals surface area contributed by atoms with E-state index in [0.717, 1.165) is 22.7 Å². The van der Waals surface area contributed by atoms with Crippen molar-refractivity contribution in [2.45, 2.75) is 13.8 Å². The summed E-state index contributed by atoms with van der Waals surface area (Å²) in [7, 11) is 0. The molecule has 0 radical (unpaired) electrons. The molecule has 4 heterocycles. The predicted molar refractivity (Wildman–Crippen MR) is 86.2 cm³/mol. The van der Waals surface area contributed by atoms with Crippen LogP contribution in [0.2, 0.25) is 0 Å². The van der Waals surface area contributed by atoms with Crippen molar-refractivity contribution >= 4 is 63.4 Å². The SMILES string of the molecule is Cc1cc2sc3cc4sc5cc(C)oc5c4cc3c2o1. The van der Waals surface area contributed by atoms with E-state index >= 15 is 0 Å². The lowest BCUT2D eigenvalue weighted by atomic mass is 10.2. The third-order valence-electron chi connectivity index (χ3n) is 3.65. The Hall–Kier alpha value is -1.78. The quantitative estimate of drug-likeness (QED) is 0.339. The van der Waals surface area contributed by atoms with Gasteiger partial charge in [0.1, 0.15) is 11.5 Å². The molecule has 0 atom stereocenters. The number of hydrogen-bond donors (Lipinski definition) is 0. The molecule has 5 rings (SSSR count). The van der Waals surface area contributed by atoms with E-state index in [0.29, 0.717) is 0 Å². The number of aryl methyl sites for hydroxylation is 2. The number of fused-ring (bicyclic) bond motifs is 6. The first-order valence-corrected chi connectivity index (χ1v) is 8.08. The molecule has 0 saturated heterocycles. The van der Waals surface area contributed by atoms with Crippen molar-refractivity contribution in [3.63, 3.8) is 0 Å². The van der Waals surface area contributed by atoms with Crippen LogP contribution in [-0.2, 0) is 0 Å². The molecule has 0 spiro atoms. The first kappa shape index (κ1) is 10.9. The molecule has 4 heteroatoms. The lowest BCUT2D eigenvalue weighted by molar-refractivity contribution is 0.581. The second-order valence-electron chi connectivity index (χ2n) is 5.15. The van der Waals surface area contributed by atoms with E-state index in [1.54, 1.807) is 22.7 Å². The Morgan fingerprint density at radius 2 is 1.15 bits per heavy atom. The zero-order valence-electron chi connectivity index (χ0n) is 10.9. The average Bonchev–Trinajstić information content (AvgIpc) is 3.06. The Kier molecular flexibility index (Phi) is 1.89. The lowest BCUT2D eigenvalue weighted by Crippen LogP contribution is -1.66. The third kappa shape index (κ3) is 1.28. The molecule has 1 aromatic carbocycles. The van der Waals surface area contributed by atoms with Gasteiger partial charge in [-0.3, -0.25) is 0 Å². The number of furan rings is 2. The number of rotatable bonds is 0. The van der Waals surface area contributed by atoms with E-state index in [9.17, 15) is 0 Å². The van der Waals surface area contributed by atoms with Crippen LogP contribution in [-0.4, -0.2) is 0 Å². The minimum Gasteiger partial charge on any atom is -0.460 e. The first-order chi connectivity index (χ1) is 9.69. The van der Waals surface area contributed by atoms with Gasteiger partial charge in [-0.05, 0) is 38.1 Å². The summed E-state index contributed by atoms with van der Waals surface area (Å²) in [6.07, 6.45) is 0. The van der Waals surface area contributed by atoms with Crippen molar-refractivity contribution < 1.29 is 8.83 Å². The lowest BCUT2D eigenvalue weighted by Gasteiger charge is -1.92. The molecule has 5 aromatic rings. The topological polar surface area (TPSA) is 26.3 Å². The van der Waals surface area contributed by atoms with Crippen LogP contribution in [0.15, 0.2) is 33.1 Å². The average molecular weight is 298 g/mol. The van der Waals surface area contributed by atoms with E-state index in [1.807, 2.05) is 13.8 Å². The highest BCUT2D eigenvalue weighted by atomic mass is 32.1. The van der Waals surface area contributed by atoms with Gasteiger partial charge in [-0.2, -0.15) is 0 Å². The van der Waals surface area contributed by atoms with Gasteiger partial charge in [-0.1, -0.05) is 0 Å². The van der Waals surface area contributed by atoms with Crippen LogP contribution in [0.1, 0.15) is 11.5 Å². The maximum Gasteiger partial charge on any atom is 0.152 e. The molecule has 2 nitrogen and oxygen atoms in total. The molecule has 0 amide bonds. The normalized spacial score (nSPS) is 12.5. The van der Waals surface area contributed by atoms with Crippen LogP contribution in [0, 0.1) is 13.8 Å². The van der Waals surface area contributed by atoms with Gasteiger partial charge in [0.25, 0.3) is 0 Å². The highest BCUT2D eigenvalue weighted by Crippen LogP contribution is 2.43. The number of benzene rings is 1. The summed E-state index contributed by atoms with van der Waals surface area (Å²) < 4.78 is 16.7. The summed E-state index contributed by atoms with van der Waals surface area (Å²) >= 11 is 3.59. The highest BCUT2D eigenvalue weighted by molar-refractivity contribution is 7.28. The monoisotopic (exact) mass is 298 g/mol. The molecule has 98 valence electrons. The van der Waals surface area contributed by atoms with Crippen LogP contribution >= 0.6 is 22.7 Å². The zero-order chi connectivity index (χ0) is 13.4. The Morgan fingerprint density at radius 1 is 0.650 bits per heavy atom. The fourth-order valence-electron chi connectivity index (χ4n) is 2.83. The predicted octanol–water partition coefficient (Wildman–Crippen LogP) is 6.23. The summed E-state index contributed by atoms with van der Waals surface area (Å²) in [5, 5.41) is 2.39. The molecule has 20 heavy (non-hydrogen) atoms. The summed E-state index contributed by atoms with van der Waals surface area (Å²) in [5.74, 6) is 1.94. The third-order valence-corrected chi connectivity index (χ3v) is 5.81. The molecular formula is C16H10O2S2. The van der Waals surface area contributed by atoms with E-state index in [1.165, 1.54) is 29.6 Å². The van der Waals surface area contributed by atoms with Crippen molar-refractivity contribution in [1.29, 1.82) is 0 Å². The first-order valence-electron chi connectivity index (χ1n) is 6.44. The molecule has 0 aliphatic carbocycles. The molecular weight excluding hydrogens is 288 g/mol. The van der Waals surface area contributed by atoms with E-state index < -0.39 is 0 Å². The van der Waals surface area contributed by atoms with Crippen LogP contribution in [0.3, 0.4) is 0 Å². The summed E-state index contributed by atoms with van der Waals surface area (Å²) in [4.78, 5) is 0. The van der Waals surface area contributed by atoms with Crippen molar-refractivity contribution in [1.82, 2.24) is 0 Å². The molecule has 0 aliphatic rings. The number of thiophene rings is 2. The van der Waals surface area contributed by atoms with E-state index in [-0.39, 0.29) is 0 Å². The minimum absolute atomic E-state index is 0.970.